The minimum atomic E-state index is -1.06. The van der Waals surface area contributed by atoms with E-state index in [1.54, 1.807) is 24.3 Å². The average Bonchev–Trinajstić information content (AvgIpc) is 2.61. The molecule has 0 saturated carbocycles. The van der Waals surface area contributed by atoms with Crippen LogP contribution >= 0.6 is 0 Å². The Bertz CT molecular complexity index is 833. The third-order valence-electron chi connectivity index (χ3n) is 3.81. The Morgan fingerprint density at radius 3 is 2.58 bits per heavy atom. The van der Waals surface area contributed by atoms with Crippen LogP contribution in [0.1, 0.15) is 21.5 Å². The standard InChI is InChI=1S/C19H19NO6/c1-24-11-13-6-14(19(22)23)10-15(7-13)20-18(21)9-12-2-3-16-17(8-12)26-5-4-25-16/h2-3,6-8,10H,4-5,9,11H2,1H3,(H,20,21)(H,22,23). The molecule has 0 fully saturated rings. The second kappa shape index (κ2) is 7.88. The van der Waals surface area contributed by atoms with Crippen molar-refractivity contribution < 1.29 is 28.9 Å². The van der Waals surface area contributed by atoms with Crippen LogP contribution in [0.3, 0.4) is 0 Å². The van der Waals surface area contributed by atoms with Gasteiger partial charge in [-0.25, -0.2) is 4.79 Å². The number of anilines is 1. The summed E-state index contributed by atoms with van der Waals surface area (Å²) in [6.07, 6.45) is 0.132. The molecule has 26 heavy (non-hydrogen) atoms. The number of hydrogen-bond acceptors (Lipinski definition) is 5. The fraction of sp³-hybridized carbons (Fsp3) is 0.263. The largest absolute Gasteiger partial charge is 0.486 e. The van der Waals surface area contributed by atoms with E-state index in [2.05, 4.69) is 5.32 Å². The highest BCUT2D eigenvalue weighted by atomic mass is 16.6. The van der Waals surface area contributed by atoms with Gasteiger partial charge in [-0.05, 0) is 41.5 Å². The molecule has 7 heteroatoms. The van der Waals surface area contributed by atoms with Gasteiger partial charge in [-0.2, -0.15) is 0 Å². The molecule has 2 N–H and O–H groups in total. The van der Waals surface area contributed by atoms with Crippen LogP contribution in [0, 0.1) is 0 Å². The number of carboxylic acids is 1. The molecule has 1 aliphatic heterocycles. The van der Waals surface area contributed by atoms with Gasteiger partial charge in [0.1, 0.15) is 13.2 Å². The summed E-state index contributed by atoms with van der Waals surface area (Å²) in [6, 6.07) is 9.98. The Balaban J connectivity index is 1.72. The molecule has 0 aromatic heterocycles. The molecule has 0 spiro atoms. The number of fused-ring (bicyclic) bond motifs is 1. The second-order valence-electron chi connectivity index (χ2n) is 5.86. The third-order valence-corrected chi connectivity index (χ3v) is 3.81. The van der Waals surface area contributed by atoms with Crippen molar-refractivity contribution in [2.75, 3.05) is 25.6 Å². The van der Waals surface area contributed by atoms with E-state index < -0.39 is 5.97 Å². The molecule has 1 amide bonds. The predicted octanol–water partition coefficient (Wildman–Crippen LogP) is 2.48. The van der Waals surface area contributed by atoms with E-state index in [1.165, 1.54) is 19.2 Å². The summed E-state index contributed by atoms with van der Waals surface area (Å²) in [6.45, 7) is 1.25. The Labute approximate surface area is 150 Å². The van der Waals surface area contributed by atoms with E-state index in [1.807, 2.05) is 0 Å². The van der Waals surface area contributed by atoms with Crippen LogP contribution in [0.4, 0.5) is 5.69 Å². The molecule has 7 nitrogen and oxygen atoms in total. The molecule has 0 saturated heterocycles. The number of benzene rings is 2. The maximum atomic E-state index is 12.3. The lowest BCUT2D eigenvalue weighted by Gasteiger charge is -2.18. The summed E-state index contributed by atoms with van der Waals surface area (Å²) in [5.41, 5.74) is 1.95. The van der Waals surface area contributed by atoms with Crippen LogP contribution in [-0.4, -0.2) is 37.3 Å². The zero-order valence-electron chi connectivity index (χ0n) is 14.3. The Kier molecular flexibility index (Phi) is 5.38. The molecule has 0 bridgehead atoms. The highest BCUT2D eigenvalue weighted by Crippen LogP contribution is 2.31. The maximum Gasteiger partial charge on any atom is 0.335 e. The lowest BCUT2D eigenvalue weighted by atomic mass is 10.1. The van der Waals surface area contributed by atoms with Crippen molar-refractivity contribution in [2.24, 2.45) is 0 Å². The average molecular weight is 357 g/mol. The normalized spacial score (nSPS) is 12.5. The fourth-order valence-electron chi connectivity index (χ4n) is 2.73. The van der Waals surface area contributed by atoms with Crippen LogP contribution in [0.2, 0.25) is 0 Å². The predicted molar refractivity (Wildman–Crippen MR) is 93.9 cm³/mol. The second-order valence-corrected chi connectivity index (χ2v) is 5.86. The lowest BCUT2D eigenvalue weighted by molar-refractivity contribution is -0.115. The first-order valence-corrected chi connectivity index (χ1v) is 8.10. The molecule has 1 aliphatic rings. The number of hydrogen-bond donors (Lipinski definition) is 2. The quantitative estimate of drug-likeness (QED) is 0.825. The molecular weight excluding hydrogens is 338 g/mol. The minimum Gasteiger partial charge on any atom is -0.486 e. The van der Waals surface area contributed by atoms with Gasteiger partial charge < -0.3 is 24.6 Å². The Hall–Kier alpha value is -3.06. The van der Waals surface area contributed by atoms with Gasteiger partial charge in [0, 0.05) is 12.8 Å². The summed E-state index contributed by atoms with van der Waals surface area (Å²) in [5.74, 6) is -0.0338. The number of nitrogens with one attached hydrogen (secondary N) is 1. The number of rotatable bonds is 6. The van der Waals surface area contributed by atoms with Crippen molar-refractivity contribution in [3.8, 4) is 11.5 Å². The van der Waals surface area contributed by atoms with Crippen molar-refractivity contribution in [2.45, 2.75) is 13.0 Å². The molecule has 2 aromatic carbocycles. The number of aromatic carboxylic acids is 1. The summed E-state index contributed by atoms with van der Waals surface area (Å²) in [5, 5.41) is 11.9. The summed E-state index contributed by atoms with van der Waals surface area (Å²) in [4.78, 5) is 23.6. The Morgan fingerprint density at radius 1 is 1.08 bits per heavy atom. The fourth-order valence-corrected chi connectivity index (χ4v) is 2.73. The lowest BCUT2D eigenvalue weighted by Crippen LogP contribution is -2.17. The van der Waals surface area contributed by atoms with Crippen LogP contribution in [0.25, 0.3) is 0 Å². The smallest absolute Gasteiger partial charge is 0.335 e. The van der Waals surface area contributed by atoms with E-state index in [9.17, 15) is 14.7 Å². The van der Waals surface area contributed by atoms with E-state index >= 15 is 0 Å². The maximum absolute atomic E-state index is 12.3. The highest BCUT2D eigenvalue weighted by Gasteiger charge is 2.14. The first-order valence-electron chi connectivity index (χ1n) is 8.10. The zero-order chi connectivity index (χ0) is 18.5. The molecule has 136 valence electrons. The molecule has 2 aromatic rings. The minimum absolute atomic E-state index is 0.0918. The van der Waals surface area contributed by atoms with Crippen LogP contribution in [0.5, 0.6) is 11.5 Å². The molecule has 0 radical (unpaired) electrons. The van der Waals surface area contributed by atoms with Crippen molar-refractivity contribution in [1.29, 1.82) is 0 Å². The van der Waals surface area contributed by atoms with Gasteiger partial charge in [0.05, 0.1) is 18.6 Å². The van der Waals surface area contributed by atoms with E-state index in [0.29, 0.717) is 36.0 Å². The molecule has 3 rings (SSSR count). The van der Waals surface area contributed by atoms with Gasteiger partial charge in [0.2, 0.25) is 5.91 Å². The molecule has 0 aliphatic carbocycles. The molecular formula is C19H19NO6. The summed E-state index contributed by atoms with van der Waals surface area (Å²) < 4.78 is 16.0. The van der Waals surface area contributed by atoms with Crippen molar-refractivity contribution in [1.82, 2.24) is 0 Å². The number of carboxylic acid groups (broad SMARTS) is 1. The topological polar surface area (TPSA) is 94.1 Å². The van der Waals surface area contributed by atoms with Gasteiger partial charge >= 0.3 is 5.97 Å². The van der Waals surface area contributed by atoms with Crippen molar-refractivity contribution >= 4 is 17.6 Å². The molecule has 0 unspecified atom stereocenters. The van der Waals surface area contributed by atoms with Gasteiger partial charge in [0.15, 0.2) is 11.5 Å². The van der Waals surface area contributed by atoms with Crippen LogP contribution in [-0.2, 0) is 22.6 Å². The monoisotopic (exact) mass is 357 g/mol. The van der Waals surface area contributed by atoms with Gasteiger partial charge in [0.25, 0.3) is 0 Å². The number of carbonyl (C=O) groups excluding carboxylic acids is 1. The van der Waals surface area contributed by atoms with Crippen LogP contribution < -0.4 is 14.8 Å². The van der Waals surface area contributed by atoms with Gasteiger partial charge in [-0.1, -0.05) is 6.07 Å². The van der Waals surface area contributed by atoms with Crippen molar-refractivity contribution in [3.63, 3.8) is 0 Å². The third kappa shape index (κ3) is 4.31. The Morgan fingerprint density at radius 2 is 1.85 bits per heavy atom. The van der Waals surface area contributed by atoms with E-state index in [0.717, 1.165) is 5.56 Å². The molecule has 1 heterocycles. The van der Waals surface area contributed by atoms with Crippen LogP contribution in [0.15, 0.2) is 36.4 Å². The van der Waals surface area contributed by atoms with E-state index in [-0.39, 0.29) is 24.5 Å². The van der Waals surface area contributed by atoms with Crippen molar-refractivity contribution in [3.05, 3.63) is 53.1 Å². The van der Waals surface area contributed by atoms with Gasteiger partial charge in [-0.15, -0.1) is 0 Å². The highest BCUT2D eigenvalue weighted by molar-refractivity contribution is 5.95. The van der Waals surface area contributed by atoms with Gasteiger partial charge in [-0.3, -0.25) is 4.79 Å². The number of ether oxygens (including phenoxy) is 3. The number of methoxy groups -OCH3 is 1. The summed E-state index contributed by atoms with van der Waals surface area (Å²) >= 11 is 0. The number of carbonyl (C=O) groups is 2. The van der Waals surface area contributed by atoms with E-state index in [4.69, 9.17) is 14.2 Å². The summed E-state index contributed by atoms with van der Waals surface area (Å²) in [7, 11) is 1.52. The SMILES string of the molecule is COCc1cc(NC(=O)Cc2ccc3c(c2)OCCO3)cc(C(=O)O)c1. The zero-order valence-corrected chi connectivity index (χ0v) is 14.3. The molecule has 0 atom stereocenters. The first kappa shape index (κ1) is 17.8. The first-order chi connectivity index (χ1) is 12.5. The number of amides is 1.